The summed E-state index contributed by atoms with van der Waals surface area (Å²) in [6.45, 7) is 2.09. The average molecular weight is 369 g/mol. The van der Waals surface area contributed by atoms with Crippen LogP contribution in [0.25, 0.3) is 0 Å². The second-order valence-corrected chi connectivity index (χ2v) is 5.82. The first-order chi connectivity index (χ1) is 12.9. The zero-order chi connectivity index (χ0) is 19.8. The van der Waals surface area contributed by atoms with Gasteiger partial charge in [0.05, 0.1) is 11.1 Å². The maximum atomic E-state index is 10.4. The highest BCUT2D eigenvalue weighted by atomic mass is 16.4. The van der Waals surface area contributed by atoms with Crippen molar-refractivity contribution in [3.63, 3.8) is 0 Å². The molecule has 27 heavy (non-hydrogen) atoms. The predicted octanol–water partition coefficient (Wildman–Crippen LogP) is 3.34. The van der Waals surface area contributed by atoms with Gasteiger partial charge in [-0.05, 0) is 49.2 Å². The van der Waals surface area contributed by atoms with E-state index in [1.165, 1.54) is 37.1 Å². The molecule has 0 spiro atoms. The first kappa shape index (κ1) is 19.6. The molecule has 4 N–H and O–H groups in total. The molecule has 0 bridgehead atoms. The molecule has 1 aliphatic heterocycles. The van der Waals surface area contributed by atoms with Crippen molar-refractivity contribution in [2.24, 2.45) is 0 Å². The van der Waals surface area contributed by atoms with Gasteiger partial charge in [0.1, 0.15) is 11.8 Å². The SMILES string of the molecule is N#Cc1ccc(N2CCCC2)cc1O.O=C(O)Nc1ccc(C(=O)O)cc1. The number of anilines is 2. The maximum Gasteiger partial charge on any atom is 0.409 e. The summed E-state index contributed by atoms with van der Waals surface area (Å²) in [5.74, 6) is -0.959. The summed E-state index contributed by atoms with van der Waals surface area (Å²) in [5, 5.41) is 37.1. The third kappa shape index (κ3) is 5.64. The molecule has 0 aromatic heterocycles. The third-order valence-corrected chi connectivity index (χ3v) is 3.96. The molecular formula is C19H19N3O5. The Kier molecular flexibility index (Phi) is 6.61. The standard InChI is InChI=1S/C11H12N2O.C8H7NO4/c12-8-9-3-4-10(7-11(9)14)13-5-1-2-6-13;10-7(11)5-1-3-6(4-2-5)9-8(12)13/h3-4,7,14H,1-2,5-6H2;1-4,9H,(H,10,11)(H,12,13). The predicted molar refractivity (Wildman–Crippen MR) is 99.3 cm³/mol. The Labute approximate surface area is 155 Å². The van der Waals surface area contributed by atoms with Gasteiger partial charge < -0.3 is 20.2 Å². The number of carbonyl (C=O) groups is 2. The van der Waals surface area contributed by atoms with Gasteiger partial charge in [0, 0.05) is 30.5 Å². The number of phenols is 1. The summed E-state index contributed by atoms with van der Waals surface area (Å²) in [5.41, 5.74) is 1.82. The van der Waals surface area contributed by atoms with Crippen molar-refractivity contribution in [2.75, 3.05) is 23.3 Å². The van der Waals surface area contributed by atoms with E-state index in [1.807, 2.05) is 12.1 Å². The largest absolute Gasteiger partial charge is 0.506 e. The van der Waals surface area contributed by atoms with Crippen molar-refractivity contribution in [3.8, 4) is 11.8 Å². The van der Waals surface area contributed by atoms with Gasteiger partial charge in [-0.1, -0.05) is 0 Å². The lowest BCUT2D eigenvalue weighted by Gasteiger charge is -2.17. The van der Waals surface area contributed by atoms with Crippen LogP contribution in [0.2, 0.25) is 0 Å². The molecule has 3 rings (SSSR count). The van der Waals surface area contributed by atoms with Gasteiger partial charge in [-0.2, -0.15) is 5.26 Å². The van der Waals surface area contributed by atoms with Gasteiger partial charge >= 0.3 is 12.1 Å². The monoisotopic (exact) mass is 369 g/mol. The zero-order valence-corrected chi connectivity index (χ0v) is 14.4. The lowest BCUT2D eigenvalue weighted by molar-refractivity contribution is 0.0697. The Balaban J connectivity index is 0.000000194. The Hall–Kier alpha value is -3.73. The van der Waals surface area contributed by atoms with Crippen LogP contribution in [-0.4, -0.2) is 40.5 Å². The first-order valence-corrected chi connectivity index (χ1v) is 8.22. The second-order valence-electron chi connectivity index (χ2n) is 5.82. The smallest absolute Gasteiger partial charge is 0.409 e. The van der Waals surface area contributed by atoms with E-state index in [0.29, 0.717) is 11.3 Å². The molecule has 0 radical (unpaired) electrons. The third-order valence-electron chi connectivity index (χ3n) is 3.96. The molecule has 1 fully saturated rings. The van der Waals surface area contributed by atoms with E-state index in [1.54, 1.807) is 12.1 Å². The highest BCUT2D eigenvalue weighted by Crippen LogP contribution is 2.26. The number of rotatable bonds is 3. The Morgan fingerprint density at radius 3 is 2.15 bits per heavy atom. The molecule has 0 unspecified atom stereocenters. The minimum absolute atomic E-state index is 0.0805. The molecule has 8 heteroatoms. The molecule has 8 nitrogen and oxygen atoms in total. The molecule has 140 valence electrons. The van der Waals surface area contributed by atoms with Crippen LogP contribution in [0.4, 0.5) is 16.2 Å². The molecule has 2 aromatic carbocycles. The number of carboxylic acid groups (broad SMARTS) is 2. The van der Waals surface area contributed by atoms with Crippen molar-refractivity contribution in [1.29, 1.82) is 5.26 Å². The summed E-state index contributed by atoms with van der Waals surface area (Å²) in [6.07, 6.45) is 1.24. The fourth-order valence-electron chi connectivity index (χ4n) is 2.61. The van der Waals surface area contributed by atoms with Gasteiger partial charge in [0.15, 0.2) is 0 Å². The first-order valence-electron chi connectivity index (χ1n) is 8.22. The van der Waals surface area contributed by atoms with E-state index >= 15 is 0 Å². The van der Waals surface area contributed by atoms with Crippen LogP contribution in [-0.2, 0) is 0 Å². The molecule has 1 heterocycles. The highest BCUT2D eigenvalue weighted by Gasteiger charge is 2.13. The van der Waals surface area contributed by atoms with Crippen molar-refractivity contribution in [2.45, 2.75) is 12.8 Å². The van der Waals surface area contributed by atoms with E-state index in [9.17, 15) is 14.7 Å². The fourth-order valence-corrected chi connectivity index (χ4v) is 2.61. The number of nitriles is 1. The molecule has 2 aromatic rings. The minimum atomic E-state index is -1.18. The summed E-state index contributed by atoms with van der Waals surface area (Å²) >= 11 is 0. The number of nitrogens with one attached hydrogen (secondary N) is 1. The van der Waals surface area contributed by atoms with Crippen LogP contribution in [0, 0.1) is 11.3 Å². The van der Waals surface area contributed by atoms with Crippen molar-refractivity contribution in [3.05, 3.63) is 53.6 Å². The van der Waals surface area contributed by atoms with Crippen LogP contribution in [0.1, 0.15) is 28.8 Å². The lowest BCUT2D eigenvalue weighted by Crippen LogP contribution is -2.17. The number of hydrogen-bond acceptors (Lipinski definition) is 5. The number of nitrogens with zero attached hydrogens (tertiary/aromatic N) is 2. The normalized spacial score (nSPS) is 12.5. The molecule has 1 amide bonds. The number of aromatic carboxylic acids is 1. The average Bonchev–Trinajstić information content (AvgIpc) is 3.17. The van der Waals surface area contributed by atoms with Crippen molar-refractivity contribution >= 4 is 23.4 Å². The second kappa shape index (κ2) is 9.10. The summed E-state index contributed by atoms with van der Waals surface area (Å²) < 4.78 is 0. The summed E-state index contributed by atoms with van der Waals surface area (Å²) in [7, 11) is 0. The number of carboxylic acids is 1. The van der Waals surface area contributed by atoms with Gasteiger partial charge in [0.2, 0.25) is 0 Å². The number of benzene rings is 2. The number of phenolic OH excluding ortho intramolecular Hbond substituents is 1. The van der Waals surface area contributed by atoms with E-state index in [4.69, 9.17) is 15.5 Å². The molecule has 0 saturated carbocycles. The summed E-state index contributed by atoms with van der Waals surface area (Å²) in [6, 6.07) is 12.6. The molecular weight excluding hydrogens is 350 g/mol. The quantitative estimate of drug-likeness (QED) is 0.652. The Morgan fingerprint density at radius 1 is 1.04 bits per heavy atom. The van der Waals surface area contributed by atoms with Gasteiger partial charge in [0.25, 0.3) is 0 Å². The Bertz CT molecular complexity index is 853. The van der Waals surface area contributed by atoms with Crippen molar-refractivity contribution in [1.82, 2.24) is 0 Å². The zero-order valence-electron chi connectivity index (χ0n) is 14.4. The van der Waals surface area contributed by atoms with E-state index in [0.717, 1.165) is 18.8 Å². The number of aromatic hydroxyl groups is 1. The fraction of sp³-hybridized carbons (Fsp3) is 0.211. The van der Waals surface area contributed by atoms with E-state index < -0.39 is 12.1 Å². The highest BCUT2D eigenvalue weighted by molar-refractivity contribution is 5.89. The van der Waals surface area contributed by atoms with Crippen molar-refractivity contribution < 1.29 is 24.9 Å². The maximum absolute atomic E-state index is 10.4. The van der Waals surface area contributed by atoms with Gasteiger partial charge in [-0.25, -0.2) is 9.59 Å². The molecule has 0 aliphatic carbocycles. The Morgan fingerprint density at radius 2 is 1.67 bits per heavy atom. The summed E-state index contributed by atoms with van der Waals surface area (Å²) in [4.78, 5) is 22.8. The van der Waals surface area contributed by atoms with Crippen LogP contribution < -0.4 is 10.2 Å². The molecule has 1 aliphatic rings. The van der Waals surface area contributed by atoms with Crippen LogP contribution >= 0.6 is 0 Å². The van der Waals surface area contributed by atoms with Crippen LogP contribution in [0.15, 0.2) is 42.5 Å². The minimum Gasteiger partial charge on any atom is -0.506 e. The van der Waals surface area contributed by atoms with E-state index in [-0.39, 0.29) is 11.3 Å². The number of amides is 1. The lowest BCUT2D eigenvalue weighted by atomic mass is 10.2. The van der Waals surface area contributed by atoms with Gasteiger partial charge in [-0.3, -0.25) is 5.32 Å². The number of hydrogen-bond donors (Lipinski definition) is 4. The van der Waals surface area contributed by atoms with Crippen LogP contribution in [0.5, 0.6) is 5.75 Å². The molecule has 1 saturated heterocycles. The molecule has 0 atom stereocenters. The topological polar surface area (TPSA) is 134 Å². The van der Waals surface area contributed by atoms with Gasteiger partial charge in [-0.15, -0.1) is 0 Å². The van der Waals surface area contributed by atoms with Crippen LogP contribution in [0.3, 0.4) is 0 Å². The van der Waals surface area contributed by atoms with E-state index in [2.05, 4.69) is 10.2 Å².